The molecule has 12 heavy (non-hydrogen) atoms. The van der Waals surface area contributed by atoms with Crippen molar-refractivity contribution in [1.29, 1.82) is 0 Å². The molecule has 0 spiro atoms. The van der Waals surface area contributed by atoms with Crippen LogP contribution in [0.1, 0.15) is 13.3 Å². The molecular weight excluding hydrogens is 165 g/mol. The molecule has 1 heterocycles. The van der Waals surface area contributed by atoms with Crippen molar-refractivity contribution < 1.29 is 18.7 Å². The summed E-state index contributed by atoms with van der Waals surface area (Å²) in [7, 11) is 0. The zero-order valence-corrected chi connectivity index (χ0v) is 6.96. The lowest BCUT2D eigenvalue weighted by molar-refractivity contribution is -0.0939. The molecule has 0 bridgehead atoms. The Labute approximate surface area is 70.3 Å². The lowest BCUT2D eigenvalue weighted by Gasteiger charge is -2.05. The number of hydrogen-bond acceptors (Lipinski definition) is 4. The van der Waals surface area contributed by atoms with Crippen LogP contribution in [-0.2, 0) is 14.3 Å². The molecule has 0 radical (unpaired) electrons. The second-order valence-corrected chi connectivity index (χ2v) is 2.29. The van der Waals surface area contributed by atoms with Crippen LogP contribution in [0, 0.1) is 0 Å². The third-order valence-electron chi connectivity index (χ3n) is 1.36. The lowest BCUT2D eigenvalue weighted by atomic mass is 10.5. The van der Waals surface area contributed by atoms with Gasteiger partial charge in [-0.3, -0.25) is 0 Å². The average molecular weight is 177 g/mol. The molecule has 0 aromatic rings. The summed E-state index contributed by atoms with van der Waals surface area (Å²) < 4.78 is 22.4. The number of oxime groups is 1. The molecule has 0 amide bonds. The molecule has 5 heteroatoms. The first-order chi connectivity index (χ1) is 5.83. The molecule has 1 saturated heterocycles. The van der Waals surface area contributed by atoms with Crippen molar-refractivity contribution in [3.8, 4) is 0 Å². The predicted molar refractivity (Wildman–Crippen MR) is 40.5 cm³/mol. The van der Waals surface area contributed by atoms with Crippen LogP contribution in [0.5, 0.6) is 0 Å². The first kappa shape index (κ1) is 9.41. The Morgan fingerprint density at radius 2 is 2.25 bits per heavy atom. The number of rotatable bonds is 4. The van der Waals surface area contributed by atoms with Crippen molar-refractivity contribution >= 4 is 5.97 Å². The summed E-state index contributed by atoms with van der Waals surface area (Å²) in [6.07, 6.45) is -0.148. The number of halogens is 1. The third-order valence-corrected chi connectivity index (χ3v) is 1.36. The minimum atomic E-state index is -0.520. The maximum atomic E-state index is 12.3. The van der Waals surface area contributed by atoms with Crippen LogP contribution in [0.25, 0.3) is 0 Å². The highest BCUT2D eigenvalue weighted by Crippen LogP contribution is 2.03. The van der Waals surface area contributed by atoms with Crippen LogP contribution < -0.4 is 0 Å². The second kappa shape index (κ2) is 5.05. The fraction of sp³-hybridized carbons (Fsp3) is 0.857. The first-order valence-electron chi connectivity index (χ1n) is 3.90. The topological polar surface area (TPSA) is 40.0 Å². The summed E-state index contributed by atoms with van der Waals surface area (Å²) in [6, 6.07) is 0. The van der Waals surface area contributed by atoms with Crippen molar-refractivity contribution in [3.63, 3.8) is 0 Å². The number of ether oxygens (including phenoxy) is 2. The Hall–Kier alpha value is -0.680. The van der Waals surface area contributed by atoms with Gasteiger partial charge in [0.1, 0.15) is 0 Å². The molecule has 1 rings (SSSR count). The van der Waals surface area contributed by atoms with E-state index in [0.717, 1.165) is 0 Å². The first-order valence-corrected chi connectivity index (χ1v) is 3.90. The van der Waals surface area contributed by atoms with Crippen molar-refractivity contribution in [3.05, 3.63) is 0 Å². The Kier molecular flexibility index (Phi) is 3.96. The van der Waals surface area contributed by atoms with Gasteiger partial charge in [-0.25, -0.2) is 0 Å². The van der Waals surface area contributed by atoms with Crippen molar-refractivity contribution in [1.82, 2.24) is 0 Å². The molecule has 0 aliphatic carbocycles. The Morgan fingerprint density at radius 3 is 2.83 bits per heavy atom. The third kappa shape index (κ3) is 3.15. The van der Waals surface area contributed by atoms with Gasteiger partial charge in [0.05, 0.1) is 13.2 Å². The molecule has 4 nitrogen and oxygen atoms in total. The largest absolute Gasteiger partial charge is 0.388 e. The summed E-state index contributed by atoms with van der Waals surface area (Å²) in [6.45, 7) is 2.93. The molecule has 0 aromatic carbocycles. The molecule has 0 saturated carbocycles. The average Bonchev–Trinajstić information content (AvgIpc) is 2.57. The smallest absolute Gasteiger partial charge is 0.226 e. The van der Waals surface area contributed by atoms with E-state index in [4.69, 9.17) is 9.47 Å². The Bertz CT molecular complexity index is 157. The normalized spacial score (nSPS) is 20.0. The molecular formula is C7H12FNO3. The van der Waals surface area contributed by atoms with Gasteiger partial charge in [-0.05, 0) is 0 Å². The van der Waals surface area contributed by atoms with Crippen LogP contribution in [0.4, 0.5) is 4.39 Å². The quantitative estimate of drug-likeness (QED) is 0.476. The van der Waals surface area contributed by atoms with Gasteiger partial charge in [0, 0.05) is 6.42 Å². The van der Waals surface area contributed by atoms with Crippen molar-refractivity contribution in [2.45, 2.75) is 19.6 Å². The monoisotopic (exact) mass is 177 g/mol. The van der Waals surface area contributed by atoms with Gasteiger partial charge >= 0.3 is 0 Å². The van der Waals surface area contributed by atoms with E-state index >= 15 is 0 Å². The van der Waals surface area contributed by atoms with Crippen LogP contribution in [0.3, 0.4) is 0 Å². The van der Waals surface area contributed by atoms with Crippen LogP contribution in [0.2, 0.25) is 0 Å². The van der Waals surface area contributed by atoms with Gasteiger partial charge in [0.15, 0.2) is 12.9 Å². The molecule has 0 N–H and O–H groups in total. The molecule has 70 valence electrons. The van der Waals surface area contributed by atoms with Gasteiger partial charge in [-0.2, -0.15) is 4.39 Å². The van der Waals surface area contributed by atoms with Crippen molar-refractivity contribution in [2.75, 3.05) is 19.8 Å². The fourth-order valence-electron chi connectivity index (χ4n) is 0.736. The number of nitrogens with zero attached hydrogens (tertiary/aromatic N) is 1. The number of hydrogen-bond donors (Lipinski definition) is 0. The molecule has 0 aromatic heterocycles. The summed E-state index contributed by atoms with van der Waals surface area (Å²) in [5, 5.41) is 3.20. The van der Waals surface area contributed by atoms with Gasteiger partial charge in [0.2, 0.25) is 5.97 Å². The summed E-state index contributed by atoms with van der Waals surface area (Å²) >= 11 is 0. The van der Waals surface area contributed by atoms with Crippen LogP contribution in [0.15, 0.2) is 5.16 Å². The maximum absolute atomic E-state index is 12.3. The minimum Gasteiger partial charge on any atom is -0.388 e. The fourth-order valence-corrected chi connectivity index (χ4v) is 0.736. The highest BCUT2D eigenvalue weighted by Gasteiger charge is 2.16. The maximum Gasteiger partial charge on any atom is 0.226 e. The Balaban J connectivity index is 2.08. The summed E-state index contributed by atoms with van der Waals surface area (Å²) in [5.74, 6) is -0.520. The second-order valence-electron chi connectivity index (χ2n) is 2.29. The molecule has 1 aliphatic heterocycles. The van der Waals surface area contributed by atoms with Crippen LogP contribution in [-0.4, -0.2) is 32.1 Å². The molecule has 0 atom stereocenters. The Morgan fingerprint density at radius 1 is 1.58 bits per heavy atom. The van der Waals surface area contributed by atoms with E-state index in [1.807, 2.05) is 0 Å². The van der Waals surface area contributed by atoms with E-state index in [1.54, 1.807) is 6.92 Å². The van der Waals surface area contributed by atoms with E-state index in [1.165, 1.54) is 0 Å². The van der Waals surface area contributed by atoms with E-state index in [9.17, 15) is 4.39 Å². The van der Waals surface area contributed by atoms with Crippen LogP contribution >= 0.6 is 0 Å². The van der Waals surface area contributed by atoms with Gasteiger partial charge in [-0.1, -0.05) is 12.1 Å². The molecule has 1 fully saturated rings. The minimum absolute atomic E-state index is 0.146. The van der Waals surface area contributed by atoms with E-state index in [2.05, 4.69) is 9.99 Å². The van der Waals surface area contributed by atoms with E-state index in [0.29, 0.717) is 13.2 Å². The van der Waals surface area contributed by atoms with E-state index in [-0.39, 0.29) is 13.0 Å². The van der Waals surface area contributed by atoms with Crippen molar-refractivity contribution in [2.24, 2.45) is 5.16 Å². The van der Waals surface area contributed by atoms with Gasteiger partial charge < -0.3 is 14.3 Å². The molecule has 1 aliphatic rings. The van der Waals surface area contributed by atoms with E-state index < -0.39 is 12.3 Å². The zero-order valence-electron chi connectivity index (χ0n) is 6.96. The predicted octanol–water partition coefficient (Wildman–Crippen LogP) is 1.07. The lowest BCUT2D eigenvalue weighted by Crippen LogP contribution is -2.14. The zero-order chi connectivity index (χ0) is 8.81. The van der Waals surface area contributed by atoms with Gasteiger partial charge in [-0.15, -0.1) is 0 Å². The molecule has 0 unspecified atom stereocenters. The summed E-state index contributed by atoms with van der Waals surface area (Å²) in [5.41, 5.74) is 0. The SMILES string of the molecule is CCC(F)=NOCC1OCCO1. The summed E-state index contributed by atoms with van der Waals surface area (Å²) in [4.78, 5) is 4.63. The highest BCUT2D eigenvalue weighted by atomic mass is 19.1. The standard InChI is InChI=1S/C7H12FNO3/c1-2-6(8)9-12-5-7-10-3-4-11-7/h7H,2-5H2,1H3. The highest BCUT2D eigenvalue weighted by molar-refractivity contribution is 5.73. The van der Waals surface area contributed by atoms with Gasteiger partial charge in [0.25, 0.3) is 0 Å².